The molecule has 4 rings (SSSR count). The zero-order chi connectivity index (χ0) is 19.0. The molecule has 0 fully saturated rings. The van der Waals surface area contributed by atoms with Crippen molar-refractivity contribution in [2.24, 2.45) is 0 Å². The number of fused-ring (bicyclic) bond motifs is 1. The average molecular weight is 367 g/mol. The Morgan fingerprint density at radius 2 is 2.04 bits per heavy atom. The van der Waals surface area contributed by atoms with Crippen LogP contribution in [-0.2, 0) is 0 Å². The first-order valence-electron chi connectivity index (χ1n) is 8.84. The number of amides is 1. The lowest BCUT2D eigenvalue weighted by Gasteiger charge is -2.26. The number of hydrogen-bond donors (Lipinski definition) is 1. The lowest BCUT2D eigenvalue weighted by atomic mass is 9.97. The highest BCUT2D eigenvalue weighted by Crippen LogP contribution is 2.44. The number of ether oxygens (including phenoxy) is 2. The Kier molecular flexibility index (Phi) is 4.35. The van der Waals surface area contributed by atoms with E-state index < -0.39 is 0 Å². The van der Waals surface area contributed by atoms with Gasteiger partial charge in [-0.1, -0.05) is 13.0 Å². The summed E-state index contributed by atoms with van der Waals surface area (Å²) in [4.78, 5) is 14.8. The highest BCUT2D eigenvalue weighted by molar-refractivity contribution is 6.00. The molecule has 1 aromatic carbocycles. The number of furan rings is 1. The van der Waals surface area contributed by atoms with Crippen LogP contribution in [0.2, 0.25) is 0 Å². The van der Waals surface area contributed by atoms with Crippen LogP contribution in [0, 0.1) is 0 Å². The topological polar surface area (TPSA) is 80.6 Å². The van der Waals surface area contributed by atoms with Crippen LogP contribution in [0.25, 0.3) is 11.5 Å². The van der Waals surface area contributed by atoms with Crippen LogP contribution in [0.3, 0.4) is 0 Å². The summed E-state index contributed by atoms with van der Waals surface area (Å²) in [6, 6.07) is 9.11. The second-order valence-electron chi connectivity index (χ2n) is 6.35. The van der Waals surface area contributed by atoms with Crippen LogP contribution in [-0.4, -0.2) is 41.8 Å². The molecule has 140 valence electrons. The fourth-order valence-electron chi connectivity index (χ4n) is 3.64. The first kappa shape index (κ1) is 17.2. The van der Waals surface area contributed by atoms with E-state index in [2.05, 4.69) is 17.1 Å². The molecule has 2 aromatic heterocycles. The Hall–Kier alpha value is -3.22. The summed E-state index contributed by atoms with van der Waals surface area (Å²) >= 11 is 0. The maximum Gasteiger partial charge on any atom is 0.275 e. The summed E-state index contributed by atoms with van der Waals surface area (Å²) in [6.45, 7) is 2.68. The largest absolute Gasteiger partial charge is 0.493 e. The zero-order valence-electron chi connectivity index (χ0n) is 15.5. The molecule has 0 bridgehead atoms. The van der Waals surface area contributed by atoms with E-state index in [1.165, 1.54) is 0 Å². The third-order valence-electron chi connectivity index (χ3n) is 4.81. The Morgan fingerprint density at radius 3 is 2.70 bits per heavy atom. The average Bonchev–Trinajstić information content (AvgIpc) is 3.40. The summed E-state index contributed by atoms with van der Waals surface area (Å²) < 4.78 is 16.4. The predicted octanol–water partition coefficient (Wildman–Crippen LogP) is 3.64. The van der Waals surface area contributed by atoms with Gasteiger partial charge in [-0.2, -0.15) is 5.10 Å². The number of carbonyl (C=O) groups excluding carboxylic acids is 1. The quantitative estimate of drug-likeness (QED) is 0.719. The number of benzene rings is 1. The molecule has 1 atom stereocenters. The van der Waals surface area contributed by atoms with Crippen molar-refractivity contribution < 1.29 is 18.7 Å². The smallest absolute Gasteiger partial charge is 0.275 e. The lowest BCUT2D eigenvalue weighted by molar-refractivity contribution is 0.0743. The van der Waals surface area contributed by atoms with Gasteiger partial charge in [0.25, 0.3) is 5.91 Å². The van der Waals surface area contributed by atoms with Crippen LogP contribution >= 0.6 is 0 Å². The minimum atomic E-state index is -0.272. The molecule has 7 heteroatoms. The van der Waals surface area contributed by atoms with Crippen LogP contribution in [0.4, 0.5) is 0 Å². The Labute approximate surface area is 156 Å². The van der Waals surface area contributed by atoms with Crippen molar-refractivity contribution in [2.75, 3.05) is 20.8 Å². The maximum absolute atomic E-state index is 13.0. The number of aromatic nitrogens is 2. The molecule has 7 nitrogen and oxygen atoms in total. The van der Waals surface area contributed by atoms with Gasteiger partial charge in [-0.15, -0.1) is 0 Å². The van der Waals surface area contributed by atoms with Crippen LogP contribution < -0.4 is 9.47 Å². The van der Waals surface area contributed by atoms with E-state index in [-0.39, 0.29) is 11.9 Å². The van der Waals surface area contributed by atoms with E-state index in [0.717, 1.165) is 23.2 Å². The molecule has 27 heavy (non-hydrogen) atoms. The first-order chi connectivity index (χ1) is 13.2. The molecule has 1 aliphatic rings. The molecule has 0 aliphatic carbocycles. The van der Waals surface area contributed by atoms with Gasteiger partial charge >= 0.3 is 0 Å². The number of methoxy groups -OCH3 is 2. The van der Waals surface area contributed by atoms with E-state index in [9.17, 15) is 4.79 Å². The summed E-state index contributed by atoms with van der Waals surface area (Å²) in [5, 5.41) is 7.26. The maximum atomic E-state index is 13.0. The Bertz CT molecular complexity index is 962. The van der Waals surface area contributed by atoms with Gasteiger partial charge in [0.1, 0.15) is 5.69 Å². The number of H-pyrrole nitrogens is 1. The van der Waals surface area contributed by atoms with Crippen molar-refractivity contribution in [3.8, 4) is 23.0 Å². The van der Waals surface area contributed by atoms with Crippen LogP contribution in [0.1, 0.15) is 41.0 Å². The molecule has 1 N–H and O–H groups in total. The van der Waals surface area contributed by atoms with Gasteiger partial charge in [0, 0.05) is 12.1 Å². The molecular formula is C20H21N3O4. The van der Waals surface area contributed by atoms with Gasteiger partial charge in [-0.25, -0.2) is 0 Å². The third-order valence-corrected chi connectivity index (χ3v) is 4.81. The van der Waals surface area contributed by atoms with Gasteiger partial charge in [-0.05, 0) is 36.2 Å². The highest BCUT2D eigenvalue weighted by atomic mass is 16.5. The van der Waals surface area contributed by atoms with Crippen molar-refractivity contribution in [1.82, 2.24) is 15.1 Å². The summed E-state index contributed by atoms with van der Waals surface area (Å²) in [7, 11) is 3.20. The number of carbonyl (C=O) groups is 1. The Balaban J connectivity index is 1.88. The van der Waals surface area contributed by atoms with Gasteiger partial charge in [-0.3, -0.25) is 9.89 Å². The Morgan fingerprint density at radius 1 is 1.22 bits per heavy atom. The molecule has 1 unspecified atom stereocenters. The van der Waals surface area contributed by atoms with E-state index in [0.29, 0.717) is 29.5 Å². The van der Waals surface area contributed by atoms with Crippen molar-refractivity contribution >= 4 is 5.91 Å². The van der Waals surface area contributed by atoms with Crippen molar-refractivity contribution in [1.29, 1.82) is 0 Å². The molecule has 1 amide bonds. The first-order valence-corrected chi connectivity index (χ1v) is 8.84. The van der Waals surface area contributed by atoms with Crippen LogP contribution in [0.5, 0.6) is 11.5 Å². The third kappa shape index (κ3) is 2.66. The number of nitrogens with one attached hydrogen (secondary N) is 1. The molecule has 3 heterocycles. The summed E-state index contributed by atoms with van der Waals surface area (Å²) in [5.74, 6) is 1.84. The van der Waals surface area contributed by atoms with E-state index in [1.54, 1.807) is 20.5 Å². The predicted molar refractivity (Wildman–Crippen MR) is 99.0 cm³/mol. The fourth-order valence-corrected chi connectivity index (χ4v) is 3.64. The monoisotopic (exact) mass is 367 g/mol. The minimum absolute atomic E-state index is 0.0827. The molecule has 0 saturated carbocycles. The van der Waals surface area contributed by atoms with Gasteiger partial charge in [0.15, 0.2) is 23.0 Å². The summed E-state index contributed by atoms with van der Waals surface area (Å²) in [5.41, 5.74) is 2.93. The van der Waals surface area contributed by atoms with E-state index in [1.807, 2.05) is 35.2 Å². The molecule has 0 spiro atoms. The molecule has 1 aliphatic heterocycles. The SMILES string of the molecule is CCCN1C(=O)c2n[nH]c(-c3ccco3)c2C1c1ccc(OC)c(OC)c1. The molecule has 3 aromatic rings. The van der Waals surface area contributed by atoms with Crippen molar-refractivity contribution in [3.63, 3.8) is 0 Å². The lowest BCUT2D eigenvalue weighted by Crippen LogP contribution is -2.30. The molecule has 0 radical (unpaired) electrons. The minimum Gasteiger partial charge on any atom is -0.493 e. The molecule has 0 saturated heterocycles. The number of rotatable bonds is 6. The highest BCUT2D eigenvalue weighted by Gasteiger charge is 2.42. The number of aromatic amines is 1. The normalized spacial score (nSPS) is 15.9. The van der Waals surface area contributed by atoms with Crippen molar-refractivity contribution in [3.05, 3.63) is 53.4 Å². The standard InChI is InChI=1S/C20H21N3O4/c1-4-9-23-19(12-7-8-13(25-2)15(11-12)26-3)16-17(14-6-5-10-27-14)21-22-18(16)20(23)24/h5-8,10-11,19H,4,9H2,1-3H3,(H,21,22). The number of hydrogen-bond acceptors (Lipinski definition) is 5. The zero-order valence-corrected chi connectivity index (χ0v) is 15.5. The van der Waals surface area contributed by atoms with Gasteiger partial charge in [0.05, 0.1) is 26.5 Å². The van der Waals surface area contributed by atoms with Gasteiger partial charge < -0.3 is 18.8 Å². The fraction of sp³-hybridized carbons (Fsp3) is 0.300. The molecular weight excluding hydrogens is 346 g/mol. The van der Waals surface area contributed by atoms with Crippen molar-refractivity contribution in [2.45, 2.75) is 19.4 Å². The van der Waals surface area contributed by atoms with E-state index >= 15 is 0 Å². The second kappa shape index (κ2) is 6.83. The van der Waals surface area contributed by atoms with E-state index in [4.69, 9.17) is 13.9 Å². The second-order valence-corrected chi connectivity index (χ2v) is 6.35. The summed E-state index contributed by atoms with van der Waals surface area (Å²) in [6.07, 6.45) is 2.45. The number of nitrogens with zero attached hydrogens (tertiary/aromatic N) is 2. The van der Waals surface area contributed by atoms with Gasteiger partial charge in [0.2, 0.25) is 0 Å². The van der Waals surface area contributed by atoms with Crippen LogP contribution in [0.15, 0.2) is 41.0 Å².